The molecule has 2 aromatic rings. The van der Waals surface area contributed by atoms with Crippen LogP contribution in [0, 0.1) is 19.8 Å². The minimum absolute atomic E-state index is 0.560. The molecule has 0 aliphatic carbocycles. The second kappa shape index (κ2) is 7.02. The van der Waals surface area contributed by atoms with Gasteiger partial charge in [0.15, 0.2) is 5.82 Å². The van der Waals surface area contributed by atoms with Crippen LogP contribution >= 0.6 is 0 Å². The molecule has 0 fully saturated rings. The maximum atomic E-state index is 4.42. The van der Waals surface area contributed by atoms with Gasteiger partial charge < -0.3 is 10.6 Å². The summed E-state index contributed by atoms with van der Waals surface area (Å²) in [6.45, 7) is 9.43. The van der Waals surface area contributed by atoms with Crippen LogP contribution in [0.25, 0.3) is 0 Å². The van der Waals surface area contributed by atoms with Crippen molar-refractivity contribution in [2.45, 2.75) is 34.1 Å². The van der Waals surface area contributed by atoms with Crippen molar-refractivity contribution in [3.05, 3.63) is 35.5 Å². The Bertz CT molecular complexity index is 595. The first-order chi connectivity index (χ1) is 10.0. The zero-order valence-corrected chi connectivity index (χ0v) is 13.1. The van der Waals surface area contributed by atoms with Gasteiger partial charge in [-0.1, -0.05) is 19.9 Å². The molecule has 21 heavy (non-hydrogen) atoms. The van der Waals surface area contributed by atoms with Crippen molar-refractivity contribution in [2.24, 2.45) is 5.92 Å². The van der Waals surface area contributed by atoms with Gasteiger partial charge in [0.1, 0.15) is 0 Å². The van der Waals surface area contributed by atoms with Gasteiger partial charge >= 0.3 is 0 Å². The molecule has 1 heterocycles. The Morgan fingerprint density at radius 3 is 2.67 bits per heavy atom. The summed E-state index contributed by atoms with van der Waals surface area (Å²) >= 11 is 0. The maximum Gasteiger partial charge on any atom is 0.244 e. The van der Waals surface area contributed by atoms with E-state index in [1.807, 2.05) is 6.07 Å². The summed E-state index contributed by atoms with van der Waals surface area (Å²) in [6, 6.07) is 6.23. The number of nitrogens with zero attached hydrogens (tertiary/aromatic N) is 3. The number of hydrogen-bond acceptors (Lipinski definition) is 5. The van der Waals surface area contributed by atoms with Crippen molar-refractivity contribution in [3.63, 3.8) is 0 Å². The molecular formula is C16H23N5. The van der Waals surface area contributed by atoms with Crippen LogP contribution in [0.1, 0.15) is 31.4 Å². The fourth-order valence-corrected chi connectivity index (χ4v) is 1.88. The number of aryl methyl sites for hydroxylation is 2. The lowest BCUT2D eigenvalue weighted by Gasteiger charge is -2.09. The van der Waals surface area contributed by atoms with Crippen molar-refractivity contribution in [3.8, 4) is 0 Å². The van der Waals surface area contributed by atoms with Gasteiger partial charge in [0, 0.05) is 12.2 Å². The van der Waals surface area contributed by atoms with E-state index >= 15 is 0 Å². The van der Waals surface area contributed by atoms with Crippen LogP contribution in [0.3, 0.4) is 0 Å². The smallest absolute Gasteiger partial charge is 0.244 e. The zero-order valence-electron chi connectivity index (χ0n) is 13.1. The molecule has 0 atom stereocenters. The first-order valence-corrected chi connectivity index (χ1v) is 7.32. The van der Waals surface area contributed by atoms with Gasteiger partial charge in [-0.25, -0.2) is 0 Å². The minimum Gasteiger partial charge on any atom is -0.353 e. The highest BCUT2D eigenvalue weighted by atomic mass is 15.3. The van der Waals surface area contributed by atoms with Gasteiger partial charge in [-0.05, 0) is 49.4 Å². The van der Waals surface area contributed by atoms with Crippen LogP contribution in [0.5, 0.6) is 0 Å². The average molecular weight is 285 g/mol. The molecule has 0 spiro atoms. The van der Waals surface area contributed by atoms with E-state index in [0.29, 0.717) is 17.7 Å². The predicted octanol–water partition coefficient (Wildman–Crippen LogP) is 3.69. The largest absolute Gasteiger partial charge is 0.353 e. The van der Waals surface area contributed by atoms with Crippen LogP contribution in [0.2, 0.25) is 0 Å². The van der Waals surface area contributed by atoms with Crippen molar-refractivity contribution in [1.29, 1.82) is 0 Å². The molecule has 0 amide bonds. The monoisotopic (exact) mass is 285 g/mol. The van der Waals surface area contributed by atoms with Crippen molar-refractivity contribution < 1.29 is 0 Å². The zero-order chi connectivity index (χ0) is 15.2. The Kier molecular flexibility index (Phi) is 5.09. The molecular weight excluding hydrogens is 262 g/mol. The number of benzene rings is 1. The second-order valence-electron chi connectivity index (χ2n) is 5.70. The Balaban J connectivity index is 2.01. The summed E-state index contributed by atoms with van der Waals surface area (Å²) in [5.74, 6) is 1.91. The van der Waals surface area contributed by atoms with E-state index in [1.54, 1.807) is 6.20 Å². The predicted molar refractivity (Wildman–Crippen MR) is 87.0 cm³/mol. The Hall–Kier alpha value is -2.17. The molecule has 0 unspecified atom stereocenters. The number of aromatic nitrogens is 3. The van der Waals surface area contributed by atoms with Crippen molar-refractivity contribution >= 4 is 17.5 Å². The van der Waals surface area contributed by atoms with Crippen LogP contribution in [0.15, 0.2) is 24.4 Å². The summed E-state index contributed by atoms with van der Waals surface area (Å²) < 4.78 is 0. The molecule has 0 aliphatic rings. The first-order valence-electron chi connectivity index (χ1n) is 7.32. The molecule has 0 saturated carbocycles. The molecule has 112 valence electrons. The molecule has 2 N–H and O–H groups in total. The quantitative estimate of drug-likeness (QED) is 0.847. The minimum atomic E-state index is 0.560. The molecule has 2 rings (SSSR count). The van der Waals surface area contributed by atoms with Crippen LogP contribution in [0.4, 0.5) is 17.5 Å². The van der Waals surface area contributed by atoms with E-state index < -0.39 is 0 Å². The van der Waals surface area contributed by atoms with Gasteiger partial charge in [0.2, 0.25) is 5.95 Å². The molecule has 5 heteroatoms. The number of rotatable bonds is 6. The molecule has 0 saturated heterocycles. The Morgan fingerprint density at radius 2 is 1.95 bits per heavy atom. The van der Waals surface area contributed by atoms with E-state index in [1.165, 1.54) is 11.1 Å². The van der Waals surface area contributed by atoms with Gasteiger partial charge in [-0.3, -0.25) is 0 Å². The summed E-state index contributed by atoms with van der Waals surface area (Å²) in [7, 11) is 0. The normalized spacial score (nSPS) is 10.7. The number of hydrogen-bond donors (Lipinski definition) is 2. The van der Waals surface area contributed by atoms with Gasteiger partial charge in [-0.2, -0.15) is 10.1 Å². The number of nitrogens with one attached hydrogen (secondary N) is 2. The highest BCUT2D eigenvalue weighted by Crippen LogP contribution is 2.18. The fourth-order valence-electron chi connectivity index (χ4n) is 1.88. The lowest BCUT2D eigenvalue weighted by molar-refractivity contribution is 0.605. The molecule has 0 aliphatic heterocycles. The van der Waals surface area contributed by atoms with Gasteiger partial charge in [0.05, 0.1) is 6.20 Å². The number of anilines is 3. The van der Waals surface area contributed by atoms with E-state index in [4.69, 9.17) is 0 Å². The van der Waals surface area contributed by atoms with Gasteiger partial charge in [-0.15, -0.1) is 5.10 Å². The molecule has 5 nitrogen and oxygen atoms in total. The summed E-state index contributed by atoms with van der Waals surface area (Å²) in [6.07, 6.45) is 2.71. The third-order valence-electron chi connectivity index (χ3n) is 3.34. The molecule has 1 aromatic carbocycles. The third-order valence-corrected chi connectivity index (χ3v) is 3.34. The topological polar surface area (TPSA) is 62.7 Å². The molecule has 1 aromatic heterocycles. The van der Waals surface area contributed by atoms with Crippen molar-refractivity contribution in [2.75, 3.05) is 17.2 Å². The summed E-state index contributed by atoms with van der Waals surface area (Å²) in [4.78, 5) is 4.42. The third kappa shape index (κ3) is 4.70. The van der Waals surface area contributed by atoms with Crippen LogP contribution in [-0.4, -0.2) is 21.7 Å². The van der Waals surface area contributed by atoms with E-state index in [2.05, 4.69) is 65.6 Å². The maximum absolute atomic E-state index is 4.42. The highest BCUT2D eigenvalue weighted by molar-refractivity contribution is 5.57. The highest BCUT2D eigenvalue weighted by Gasteiger charge is 2.02. The Morgan fingerprint density at radius 1 is 1.14 bits per heavy atom. The standard InChI is InChI=1S/C16H23N5/c1-11(2)7-8-17-16-20-15(10-18-21-16)19-14-6-5-12(3)13(4)9-14/h5-6,9-11H,7-8H2,1-4H3,(H2,17,19,20,21). The SMILES string of the molecule is Cc1ccc(Nc2cnnc(NCCC(C)C)n2)cc1C. The van der Waals surface area contributed by atoms with Gasteiger partial charge in [0.25, 0.3) is 0 Å². The Labute approximate surface area is 126 Å². The van der Waals surface area contributed by atoms with Crippen molar-refractivity contribution in [1.82, 2.24) is 15.2 Å². The van der Waals surface area contributed by atoms with Crippen LogP contribution in [-0.2, 0) is 0 Å². The second-order valence-corrected chi connectivity index (χ2v) is 5.70. The van der Waals surface area contributed by atoms with Crippen LogP contribution < -0.4 is 10.6 Å². The van der Waals surface area contributed by atoms with E-state index in [0.717, 1.165) is 18.7 Å². The summed E-state index contributed by atoms with van der Waals surface area (Å²) in [5.41, 5.74) is 3.53. The molecule has 0 radical (unpaired) electrons. The van der Waals surface area contributed by atoms with E-state index in [9.17, 15) is 0 Å². The van der Waals surface area contributed by atoms with E-state index in [-0.39, 0.29) is 0 Å². The molecule has 0 bridgehead atoms. The lowest BCUT2D eigenvalue weighted by atomic mass is 10.1. The lowest BCUT2D eigenvalue weighted by Crippen LogP contribution is -2.09. The fraction of sp³-hybridized carbons (Fsp3) is 0.438. The average Bonchev–Trinajstić information content (AvgIpc) is 2.43. The first kappa shape index (κ1) is 15.2. The summed E-state index contributed by atoms with van der Waals surface area (Å²) in [5, 5.41) is 14.4.